The van der Waals surface area contributed by atoms with E-state index in [9.17, 15) is 0 Å². The van der Waals surface area contributed by atoms with Gasteiger partial charge in [-0.1, -0.05) is 32.0 Å². The zero-order valence-corrected chi connectivity index (χ0v) is 10.3. The van der Waals surface area contributed by atoms with Crippen molar-refractivity contribution in [2.24, 2.45) is 0 Å². The van der Waals surface area contributed by atoms with E-state index in [2.05, 4.69) is 41.2 Å². The lowest BCUT2D eigenvalue weighted by molar-refractivity contribution is 0.948. The first-order valence-electron chi connectivity index (χ1n) is 5.95. The molecule has 1 aromatic carbocycles. The van der Waals surface area contributed by atoms with Crippen molar-refractivity contribution in [2.45, 2.75) is 26.7 Å². The summed E-state index contributed by atoms with van der Waals surface area (Å²) in [5, 5.41) is 0. The summed E-state index contributed by atoms with van der Waals surface area (Å²) in [6.45, 7) is 4.17. The van der Waals surface area contributed by atoms with Crippen LogP contribution in [0.4, 0.5) is 5.82 Å². The van der Waals surface area contributed by atoms with Crippen LogP contribution in [0.15, 0.2) is 30.3 Å². The number of hydrogen-bond donors (Lipinski definition) is 1. The normalized spacial score (nSPS) is 10.5. The summed E-state index contributed by atoms with van der Waals surface area (Å²) in [6, 6.07) is 10.2. The van der Waals surface area contributed by atoms with Gasteiger partial charge in [-0.2, -0.15) is 0 Å². The Balaban J connectivity index is 2.47. The molecule has 0 fully saturated rings. The highest BCUT2D eigenvalue weighted by Gasteiger charge is 2.04. The highest BCUT2D eigenvalue weighted by molar-refractivity contribution is 5.62. The van der Waals surface area contributed by atoms with Crippen molar-refractivity contribution in [3.05, 3.63) is 41.7 Å². The Morgan fingerprint density at radius 3 is 2.59 bits per heavy atom. The van der Waals surface area contributed by atoms with Crippen LogP contribution in [0.3, 0.4) is 0 Å². The molecular weight excluding hydrogens is 210 g/mol. The first kappa shape index (κ1) is 11.6. The molecule has 0 aliphatic carbocycles. The van der Waals surface area contributed by atoms with Gasteiger partial charge in [0.2, 0.25) is 0 Å². The molecule has 0 aliphatic heterocycles. The van der Waals surface area contributed by atoms with Crippen molar-refractivity contribution < 1.29 is 0 Å². The standard InChI is InChI=1S/C14H17N3/c1-3-10-6-5-7-11(8-10)12-9-13(15)17-14(4-2)16-12/h5-9H,3-4H2,1-2H3,(H2,15,16,17). The van der Waals surface area contributed by atoms with Crippen molar-refractivity contribution in [2.75, 3.05) is 5.73 Å². The Kier molecular flexibility index (Phi) is 3.38. The molecule has 3 nitrogen and oxygen atoms in total. The van der Waals surface area contributed by atoms with Gasteiger partial charge in [-0.05, 0) is 18.1 Å². The van der Waals surface area contributed by atoms with Gasteiger partial charge in [0.1, 0.15) is 11.6 Å². The van der Waals surface area contributed by atoms with E-state index in [4.69, 9.17) is 5.73 Å². The van der Waals surface area contributed by atoms with Gasteiger partial charge >= 0.3 is 0 Å². The van der Waals surface area contributed by atoms with Gasteiger partial charge in [-0.15, -0.1) is 0 Å². The van der Waals surface area contributed by atoms with E-state index in [0.717, 1.165) is 29.9 Å². The van der Waals surface area contributed by atoms with Gasteiger partial charge in [0.15, 0.2) is 0 Å². The highest BCUT2D eigenvalue weighted by Crippen LogP contribution is 2.20. The maximum absolute atomic E-state index is 5.79. The van der Waals surface area contributed by atoms with Gasteiger partial charge in [0.25, 0.3) is 0 Å². The fourth-order valence-corrected chi connectivity index (χ4v) is 1.77. The van der Waals surface area contributed by atoms with Crippen LogP contribution < -0.4 is 5.73 Å². The minimum absolute atomic E-state index is 0.536. The van der Waals surface area contributed by atoms with Crippen LogP contribution in [0.2, 0.25) is 0 Å². The maximum Gasteiger partial charge on any atom is 0.131 e. The van der Waals surface area contributed by atoms with E-state index in [1.54, 1.807) is 0 Å². The zero-order chi connectivity index (χ0) is 12.3. The number of rotatable bonds is 3. The molecular formula is C14H17N3. The van der Waals surface area contributed by atoms with Crippen molar-refractivity contribution in [1.82, 2.24) is 9.97 Å². The molecule has 0 saturated carbocycles. The quantitative estimate of drug-likeness (QED) is 0.877. The van der Waals surface area contributed by atoms with Gasteiger partial charge in [0, 0.05) is 18.1 Å². The smallest absolute Gasteiger partial charge is 0.131 e. The number of nitrogen functional groups attached to an aromatic ring is 1. The zero-order valence-electron chi connectivity index (χ0n) is 10.3. The Hall–Kier alpha value is -1.90. The van der Waals surface area contributed by atoms with Crippen LogP contribution in [0, 0.1) is 0 Å². The highest BCUT2D eigenvalue weighted by atomic mass is 14.9. The predicted molar refractivity (Wildman–Crippen MR) is 70.6 cm³/mol. The van der Waals surface area contributed by atoms with Crippen molar-refractivity contribution in [3.8, 4) is 11.3 Å². The Bertz CT molecular complexity index is 521. The van der Waals surface area contributed by atoms with E-state index >= 15 is 0 Å². The van der Waals surface area contributed by atoms with Crippen LogP contribution in [0.25, 0.3) is 11.3 Å². The summed E-state index contributed by atoms with van der Waals surface area (Å²) in [4.78, 5) is 8.69. The number of nitrogens with two attached hydrogens (primary N) is 1. The lowest BCUT2D eigenvalue weighted by atomic mass is 10.1. The van der Waals surface area contributed by atoms with Gasteiger partial charge in [-0.25, -0.2) is 9.97 Å². The minimum atomic E-state index is 0.536. The molecule has 0 unspecified atom stereocenters. The third-order valence-corrected chi connectivity index (χ3v) is 2.74. The van der Waals surface area contributed by atoms with E-state index in [-0.39, 0.29) is 0 Å². The average molecular weight is 227 g/mol. The summed E-state index contributed by atoms with van der Waals surface area (Å²) in [6.07, 6.45) is 1.82. The van der Waals surface area contributed by atoms with Crippen LogP contribution in [0.1, 0.15) is 25.2 Å². The number of nitrogens with zero attached hydrogens (tertiary/aromatic N) is 2. The SMILES string of the molecule is CCc1cccc(-c2cc(N)nc(CC)n2)c1. The second-order valence-electron chi connectivity index (χ2n) is 4.00. The summed E-state index contributed by atoms with van der Waals surface area (Å²) in [5.74, 6) is 1.33. The number of hydrogen-bond acceptors (Lipinski definition) is 3. The van der Waals surface area contributed by atoms with Crippen molar-refractivity contribution >= 4 is 5.82 Å². The topological polar surface area (TPSA) is 51.8 Å². The van der Waals surface area contributed by atoms with E-state index < -0.39 is 0 Å². The summed E-state index contributed by atoms with van der Waals surface area (Å²) in [5.41, 5.74) is 9.11. The average Bonchev–Trinajstić information content (AvgIpc) is 2.38. The second-order valence-corrected chi connectivity index (χ2v) is 4.00. The monoisotopic (exact) mass is 227 g/mol. The molecule has 0 radical (unpaired) electrons. The fraction of sp³-hybridized carbons (Fsp3) is 0.286. The van der Waals surface area contributed by atoms with E-state index in [0.29, 0.717) is 5.82 Å². The largest absolute Gasteiger partial charge is 0.384 e. The molecule has 0 amide bonds. The molecule has 0 saturated heterocycles. The first-order chi connectivity index (χ1) is 8.22. The second kappa shape index (κ2) is 4.95. The molecule has 3 heteroatoms. The molecule has 0 aliphatic rings. The van der Waals surface area contributed by atoms with E-state index in [1.807, 2.05) is 13.0 Å². The Morgan fingerprint density at radius 1 is 1.06 bits per heavy atom. The minimum Gasteiger partial charge on any atom is -0.384 e. The lowest BCUT2D eigenvalue weighted by Gasteiger charge is -2.06. The molecule has 0 spiro atoms. The summed E-state index contributed by atoms with van der Waals surface area (Å²) < 4.78 is 0. The molecule has 17 heavy (non-hydrogen) atoms. The molecule has 0 bridgehead atoms. The molecule has 2 N–H and O–H groups in total. The van der Waals surface area contributed by atoms with Crippen LogP contribution in [-0.2, 0) is 12.8 Å². The third-order valence-electron chi connectivity index (χ3n) is 2.74. The fourth-order valence-electron chi connectivity index (χ4n) is 1.77. The van der Waals surface area contributed by atoms with Crippen molar-refractivity contribution in [3.63, 3.8) is 0 Å². The maximum atomic E-state index is 5.79. The number of aryl methyl sites for hydroxylation is 2. The first-order valence-corrected chi connectivity index (χ1v) is 5.95. The lowest BCUT2D eigenvalue weighted by Crippen LogP contribution is -2.00. The van der Waals surface area contributed by atoms with E-state index in [1.165, 1.54) is 5.56 Å². The Labute approximate surface area is 102 Å². The van der Waals surface area contributed by atoms with Crippen LogP contribution >= 0.6 is 0 Å². The molecule has 2 aromatic rings. The predicted octanol–water partition coefficient (Wildman–Crippen LogP) is 2.85. The van der Waals surface area contributed by atoms with Crippen LogP contribution in [0.5, 0.6) is 0 Å². The summed E-state index contributed by atoms with van der Waals surface area (Å²) >= 11 is 0. The summed E-state index contributed by atoms with van der Waals surface area (Å²) in [7, 11) is 0. The molecule has 0 atom stereocenters. The van der Waals surface area contributed by atoms with Gasteiger partial charge in [0.05, 0.1) is 5.69 Å². The van der Waals surface area contributed by atoms with Crippen LogP contribution in [-0.4, -0.2) is 9.97 Å². The van der Waals surface area contributed by atoms with Crippen molar-refractivity contribution in [1.29, 1.82) is 0 Å². The number of anilines is 1. The number of benzene rings is 1. The van der Waals surface area contributed by atoms with Gasteiger partial charge in [-0.3, -0.25) is 0 Å². The number of aromatic nitrogens is 2. The molecule has 88 valence electrons. The Morgan fingerprint density at radius 2 is 1.88 bits per heavy atom. The third kappa shape index (κ3) is 2.61. The van der Waals surface area contributed by atoms with Gasteiger partial charge < -0.3 is 5.73 Å². The molecule has 1 heterocycles. The molecule has 1 aromatic heterocycles. The molecule has 2 rings (SSSR count).